The summed E-state index contributed by atoms with van der Waals surface area (Å²) in [6.45, 7) is 0.690. The number of benzene rings is 1. The average Bonchev–Trinajstić information content (AvgIpc) is 2.24. The smallest absolute Gasteiger partial charge is 0.204 e. The van der Waals surface area contributed by atoms with Crippen molar-refractivity contribution >= 4 is 0 Å². The Kier molecular flexibility index (Phi) is 3.52. The molecule has 0 aliphatic heterocycles. The van der Waals surface area contributed by atoms with Crippen LogP contribution in [0.2, 0.25) is 0 Å². The second kappa shape index (κ2) is 4.48. The predicted molar refractivity (Wildman–Crippen MR) is 45.6 cm³/mol. The van der Waals surface area contributed by atoms with Gasteiger partial charge in [0, 0.05) is 12.1 Å². The average molecular weight is 223 g/mol. The lowest BCUT2D eigenvalue weighted by molar-refractivity contribution is 0.278. The van der Waals surface area contributed by atoms with E-state index in [1.54, 1.807) is 0 Å². The molecule has 2 N–H and O–H groups in total. The Balaban J connectivity index is 3.26. The van der Waals surface area contributed by atoms with E-state index in [0.29, 0.717) is 0 Å². The number of hydrogen-bond acceptors (Lipinski definition) is 2. The van der Waals surface area contributed by atoms with Gasteiger partial charge in [-0.3, -0.25) is 0 Å². The van der Waals surface area contributed by atoms with Crippen molar-refractivity contribution in [3.8, 4) is 5.75 Å². The first-order chi connectivity index (χ1) is 7.00. The molecule has 0 aromatic heterocycles. The van der Waals surface area contributed by atoms with Gasteiger partial charge in [0.25, 0.3) is 0 Å². The normalized spacial score (nSPS) is 10.5. The maximum Gasteiger partial charge on any atom is 0.204 e. The third-order valence-corrected chi connectivity index (χ3v) is 1.81. The molecule has 0 saturated heterocycles. The molecule has 0 aliphatic rings. The van der Waals surface area contributed by atoms with Crippen LogP contribution in [0.15, 0.2) is 0 Å². The molecule has 0 heterocycles. The van der Waals surface area contributed by atoms with Crippen molar-refractivity contribution in [3.63, 3.8) is 0 Å². The molecule has 84 valence electrons. The van der Waals surface area contributed by atoms with Crippen LogP contribution in [0.25, 0.3) is 0 Å². The van der Waals surface area contributed by atoms with Crippen molar-refractivity contribution in [3.05, 3.63) is 28.8 Å². The maximum atomic E-state index is 13.1. The highest BCUT2D eigenvalue weighted by atomic mass is 19.2. The van der Waals surface area contributed by atoms with Crippen LogP contribution in [0, 0.1) is 30.2 Å². The van der Waals surface area contributed by atoms with Crippen LogP contribution in [-0.4, -0.2) is 13.2 Å². The Morgan fingerprint density at radius 3 is 1.87 bits per heavy atom. The minimum absolute atomic E-state index is 0.0179. The summed E-state index contributed by atoms with van der Waals surface area (Å²) in [7, 11) is 0. The van der Waals surface area contributed by atoms with E-state index in [1.807, 2.05) is 0 Å². The number of rotatable bonds is 3. The van der Waals surface area contributed by atoms with Gasteiger partial charge in [-0.05, 0) is 6.92 Å². The predicted octanol–water partition coefficient (Wildman–Crippen LogP) is 1.89. The molecule has 2 nitrogen and oxygen atoms in total. The molecule has 0 spiro atoms. The molecule has 15 heavy (non-hydrogen) atoms. The summed E-state index contributed by atoms with van der Waals surface area (Å²) < 4.78 is 56.6. The van der Waals surface area contributed by atoms with Crippen LogP contribution in [0.4, 0.5) is 17.6 Å². The van der Waals surface area contributed by atoms with Crippen molar-refractivity contribution in [2.75, 3.05) is 13.2 Å². The zero-order valence-corrected chi connectivity index (χ0v) is 7.91. The molecule has 6 heteroatoms. The van der Waals surface area contributed by atoms with Crippen LogP contribution >= 0.6 is 0 Å². The van der Waals surface area contributed by atoms with Gasteiger partial charge in [-0.15, -0.1) is 0 Å². The van der Waals surface area contributed by atoms with Gasteiger partial charge in [0.15, 0.2) is 17.4 Å². The molecule has 0 unspecified atom stereocenters. The molecular formula is C9H9F4NO. The first kappa shape index (κ1) is 11.8. The quantitative estimate of drug-likeness (QED) is 0.627. The van der Waals surface area contributed by atoms with Crippen LogP contribution in [0.5, 0.6) is 5.75 Å². The summed E-state index contributed by atoms with van der Waals surface area (Å²) >= 11 is 0. The van der Waals surface area contributed by atoms with E-state index in [0.717, 1.165) is 6.92 Å². The lowest BCUT2D eigenvalue weighted by atomic mass is 10.2. The van der Waals surface area contributed by atoms with Gasteiger partial charge in [-0.1, -0.05) is 0 Å². The van der Waals surface area contributed by atoms with Crippen molar-refractivity contribution in [1.29, 1.82) is 0 Å². The Labute approximate surface area is 83.6 Å². The van der Waals surface area contributed by atoms with Gasteiger partial charge in [0.1, 0.15) is 6.61 Å². The molecule has 0 radical (unpaired) electrons. The Morgan fingerprint density at radius 2 is 1.47 bits per heavy atom. The zero-order valence-electron chi connectivity index (χ0n) is 7.91. The SMILES string of the molecule is Cc1c(F)c(F)c(OCCN)c(F)c1F. The highest BCUT2D eigenvalue weighted by Crippen LogP contribution is 2.29. The second-order valence-corrected chi connectivity index (χ2v) is 2.85. The highest BCUT2D eigenvalue weighted by Gasteiger charge is 2.24. The third-order valence-electron chi connectivity index (χ3n) is 1.81. The fraction of sp³-hybridized carbons (Fsp3) is 0.333. The van der Waals surface area contributed by atoms with Crippen molar-refractivity contribution in [2.24, 2.45) is 5.73 Å². The highest BCUT2D eigenvalue weighted by molar-refractivity contribution is 5.33. The first-order valence-corrected chi connectivity index (χ1v) is 4.16. The number of nitrogens with two attached hydrogens (primary N) is 1. The van der Waals surface area contributed by atoms with Gasteiger partial charge < -0.3 is 10.5 Å². The molecule has 1 aromatic rings. The first-order valence-electron chi connectivity index (χ1n) is 4.16. The molecule has 0 fully saturated rings. The summed E-state index contributed by atoms with van der Waals surface area (Å²) in [5.74, 6) is -7.07. The Hall–Kier alpha value is -1.30. The third kappa shape index (κ3) is 2.04. The van der Waals surface area contributed by atoms with Crippen LogP contribution in [0.3, 0.4) is 0 Å². The van der Waals surface area contributed by atoms with Crippen LogP contribution in [0.1, 0.15) is 5.56 Å². The lowest BCUT2D eigenvalue weighted by Crippen LogP contribution is -2.14. The number of ether oxygens (including phenoxy) is 1. The van der Waals surface area contributed by atoms with Gasteiger partial charge in [-0.2, -0.15) is 8.78 Å². The topological polar surface area (TPSA) is 35.2 Å². The summed E-state index contributed by atoms with van der Waals surface area (Å²) in [6, 6.07) is 0. The van der Waals surface area contributed by atoms with Crippen LogP contribution in [-0.2, 0) is 0 Å². The van der Waals surface area contributed by atoms with E-state index < -0.39 is 34.6 Å². The molecule has 0 saturated carbocycles. The molecule has 0 aliphatic carbocycles. The van der Waals surface area contributed by atoms with Gasteiger partial charge in [0.05, 0.1) is 0 Å². The fourth-order valence-electron chi connectivity index (χ4n) is 1.01. The van der Waals surface area contributed by atoms with E-state index in [-0.39, 0.29) is 13.2 Å². The van der Waals surface area contributed by atoms with E-state index in [4.69, 9.17) is 5.73 Å². The Morgan fingerprint density at radius 1 is 1.00 bits per heavy atom. The largest absolute Gasteiger partial charge is 0.486 e. The Bertz CT molecular complexity index is 352. The summed E-state index contributed by atoms with van der Waals surface area (Å²) in [5.41, 5.74) is 4.31. The minimum Gasteiger partial charge on any atom is -0.486 e. The van der Waals surface area contributed by atoms with Crippen molar-refractivity contribution in [2.45, 2.75) is 6.92 Å². The summed E-state index contributed by atoms with van der Waals surface area (Å²) in [6.07, 6.45) is 0. The zero-order chi connectivity index (χ0) is 11.6. The van der Waals surface area contributed by atoms with Gasteiger partial charge in [0.2, 0.25) is 11.6 Å². The number of halogens is 4. The molecular weight excluding hydrogens is 214 g/mol. The van der Waals surface area contributed by atoms with Crippen molar-refractivity contribution in [1.82, 2.24) is 0 Å². The van der Waals surface area contributed by atoms with E-state index in [9.17, 15) is 17.6 Å². The number of hydrogen-bond donors (Lipinski definition) is 1. The lowest BCUT2D eigenvalue weighted by Gasteiger charge is -2.10. The van der Waals surface area contributed by atoms with Crippen molar-refractivity contribution < 1.29 is 22.3 Å². The monoisotopic (exact) mass is 223 g/mol. The molecule has 1 aromatic carbocycles. The molecule has 1 rings (SSSR count). The molecule has 0 amide bonds. The van der Waals surface area contributed by atoms with E-state index >= 15 is 0 Å². The van der Waals surface area contributed by atoms with E-state index in [2.05, 4.69) is 4.74 Å². The molecule has 0 bridgehead atoms. The minimum atomic E-state index is -1.54. The fourth-order valence-corrected chi connectivity index (χ4v) is 1.01. The standard InChI is InChI=1S/C9H9F4NO/c1-4-5(10)7(12)9(15-3-2-14)8(13)6(4)11/h2-3,14H2,1H3. The summed E-state index contributed by atoms with van der Waals surface area (Å²) in [5, 5.41) is 0. The van der Waals surface area contributed by atoms with Gasteiger partial charge >= 0.3 is 0 Å². The second-order valence-electron chi connectivity index (χ2n) is 2.85. The molecule has 0 atom stereocenters. The summed E-state index contributed by atoms with van der Waals surface area (Å²) in [4.78, 5) is 0. The van der Waals surface area contributed by atoms with E-state index in [1.165, 1.54) is 0 Å². The maximum absolute atomic E-state index is 13.1. The van der Waals surface area contributed by atoms with Gasteiger partial charge in [-0.25, -0.2) is 8.78 Å². The van der Waals surface area contributed by atoms with Crippen LogP contribution < -0.4 is 10.5 Å².